The van der Waals surface area contributed by atoms with Crippen molar-refractivity contribution in [2.45, 2.75) is 63.7 Å². The van der Waals surface area contributed by atoms with Gasteiger partial charge in [-0.15, -0.1) is 10.2 Å². The number of nitrogens with zero attached hydrogens (tertiary/aromatic N) is 4. The van der Waals surface area contributed by atoms with Crippen molar-refractivity contribution < 1.29 is 9.84 Å². The molecule has 0 unspecified atom stereocenters. The van der Waals surface area contributed by atoms with Gasteiger partial charge in [0.05, 0.1) is 24.1 Å². The molecule has 33 heavy (non-hydrogen) atoms. The highest BCUT2D eigenvalue weighted by Gasteiger charge is 2.31. The molecule has 170 valence electrons. The van der Waals surface area contributed by atoms with Gasteiger partial charge in [-0.3, -0.25) is 4.68 Å². The maximum atomic E-state index is 10.1. The molecule has 0 aliphatic heterocycles. The molecule has 2 aliphatic carbocycles. The van der Waals surface area contributed by atoms with E-state index in [1.807, 2.05) is 18.3 Å². The average molecular weight is 444 g/mol. The quantitative estimate of drug-likeness (QED) is 0.566. The van der Waals surface area contributed by atoms with Crippen LogP contribution < -0.4 is 5.73 Å². The Hall–Kier alpha value is -3.37. The molecule has 0 bridgehead atoms. The van der Waals surface area contributed by atoms with Gasteiger partial charge in [0.1, 0.15) is 12.3 Å². The van der Waals surface area contributed by atoms with Crippen molar-refractivity contribution in [1.29, 1.82) is 0 Å². The molecule has 3 aromatic rings. The second-order valence-corrected chi connectivity index (χ2v) is 8.98. The minimum atomic E-state index is 0.149. The zero-order valence-electron chi connectivity index (χ0n) is 18.7. The van der Waals surface area contributed by atoms with Gasteiger partial charge >= 0.3 is 0 Å². The summed E-state index contributed by atoms with van der Waals surface area (Å²) in [6, 6.07) is 8.85. The van der Waals surface area contributed by atoms with E-state index < -0.39 is 0 Å². The van der Waals surface area contributed by atoms with Crippen LogP contribution in [0.5, 0.6) is 5.75 Å². The molecule has 7 heteroatoms. The Kier molecular flexibility index (Phi) is 6.27. The number of anilines is 1. The van der Waals surface area contributed by atoms with Gasteiger partial charge in [-0.1, -0.05) is 43.2 Å². The van der Waals surface area contributed by atoms with Crippen LogP contribution in [0.15, 0.2) is 42.7 Å². The van der Waals surface area contributed by atoms with Crippen LogP contribution in [0.25, 0.3) is 22.4 Å². The number of phenols is 1. The van der Waals surface area contributed by atoms with Crippen LogP contribution >= 0.6 is 0 Å². The molecule has 2 aliphatic rings. The highest BCUT2D eigenvalue weighted by Crippen LogP contribution is 2.34. The Balaban J connectivity index is 1.19. The zero-order chi connectivity index (χ0) is 22.6. The highest BCUT2D eigenvalue weighted by atomic mass is 16.5. The molecular weight excluding hydrogens is 414 g/mol. The molecular formula is C26H29N5O2. The van der Waals surface area contributed by atoms with Crippen LogP contribution in [-0.4, -0.2) is 37.3 Å². The van der Waals surface area contributed by atoms with E-state index in [2.05, 4.69) is 27.1 Å². The number of nitrogen functional groups attached to an aromatic ring is 1. The summed E-state index contributed by atoms with van der Waals surface area (Å²) in [7, 11) is 0. The first-order valence-corrected chi connectivity index (χ1v) is 11.7. The molecule has 2 heterocycles. The van der Waals surface area contributed by atoms with Gasteiger partial charge in [0.2, 0.25) is 0 Å². The number of ether oxygens (including phenoxy) is 1. The lowest BCUT2D eigenvalue weighted by Gasteiger charge is -2.36. The monoisotopic (exact) mass is 443 g/mol. The normalized spacial score (nSPS) is 20.6. The smallest absolute Gasteiger partial charge is 0.154 e. The summed E-state index contributed by atoms with van der Waals surface area (Å²) in [5, 5.41) is 22.8. The van der Waals surface area contributed by atoms with Crippen LogP contribution in [-0.2, 0) is 11.3 Å². The summed E-state index contributed by atoms with van der Waals surface area (Å²) in [6.45, 7) is 0.523. The summed E-state index contributed by atoms with van der Waals surface area (Å²) in [5.41, 5.74) is 8.81. The van der Waals surface area contributed by atoms with Gasteiger partial charge in [-0.25, -0.2) is 0 Å². The van der Waals surface area contributed by atoms with Gasteiger partial charge in [0.25, 0.3) is 0 Å². The van der Waals surface area contributed by atoms with E-state index in [1.54, 1.807) is 29.1 Å². The van der Waals surface area contributed by atoms with Gasteiger partial charge in [0, 0.05) is 28.8 Å². The van der Waals surface area contributed by atoms with E-state index in [4.69, 9.17) is 10.5 Å². The number of nitrogens with two attached hydrogens (primary N) is 1. The van der Waals surface area contributed by atoms with Crippen molar-refractivity contribution in [1.82, 2.24) is 20.0 Å². The van der Waals surface area contributed by atoms with Crippen molar-refractivity contribution in [3.05, 3.63) is 42.7 Å². The summed E-state index contributed by atoms with van der Waals surface area (Å²) >= 11 is 0. The molecule has 0 radical (unpaired) electrons. The van der Waals surface area contributed by atoms with E-state index in [-0.39, 0.29) is 5.75 Å². The molecule has 3 N–H and O–H groups in total. The van der Waals surface area contributed by atoms with Gasteiger partial charge in [-0.2, -0.15) is 5.10 Å². The first kappa shape index (κ1) is 21.5. The molecule has 1 aromatic carbocycles. The standard InChI is InChI=1S/C26H29N5O2/c27-26-23(15-24(29-30-26)22-10-4-5-11-25(22)32)19-16-28-31(17-19)12-6-7-18-13-21(14-18)33-20-8-2-1-3-9-20/h4-5,10-11,15-18,20-21,32H,1-3,8-9,12-14H2,(H2,27,30). The second-order valence-electron chi connectivity index (χ2n) is 8.98. The number of benzene rings is 1. The topological polar surface area (TPSA) is 99.1 Å². The molecule has 7 nitrogen and oxygen atoms in total. The number of phenolic OH excluding ortho intramolecular Hbond substituents is 1. The van der Waals surface area contributed by atoms with Crippen molar-refractivity contribution in [2.24, 2.45) is 5.92 Å². The lowest BCUT2D eigenvalue weighted by Crippen LogP contribution is -2.34. The van der Waals surface area contributed by atoms with Crippen molar-refractivity contribution in [3.63, 3.8) is 0 Å². The SMILES string of the molecule is Nc1nnc(-c2ccccc2O)cc1-c1cnn(CC#CC2CC(OC3CCCCC3)C2)c1. The second kappa shape index (κ2) is 9.63. The Morgan fingerprint density at radius 1 is 1.06 bits per heavy atom. The molecule has 2 saturated carbocycles. The Labute approximate surface area is 194 Å². The van der Waals surface area contributed by atoms with Crippen LogP contribution in [0.4, 0.5) is 5.82 Å². The van der Waals surface area contributed by atoms with Crippen LogP contribution in [0, 0.1) is 17.8 Å². The summed E-state index contributed by atoms with van der Waals surface area (Å²) in [4.78, 5) is 0. The van der Waals surface area contributed by atoms with Crippen molar-refractivity contribution in [2.75, 3.05) is 5.73 Å². The van der Waals surface area contributed by atoms with E-state index in [9.17, 15) is 5.11 Å². The molecule has 5 rings (SSSR count). The number of aromatic nitrogens is 4. The minimum absolute atomic E-state index is 0.149. The molecule has 0 amide bonds. The van der Waals surface area contributed by atoms with Crippen LogP contribution in [0.3, 0.4) is 0 Å². The fourth-order valence-corrected chi connectivity index (χ4v) is 4.58. The van der Waals surface area contributed by atoms with E-state index in [0.717, 1.165) is 24.0 Å². The molecule has 0 spiro atoms. The molecule has 2 fully saturated rings. The number of hydrogen-bond donors (Lipinski definition) is 2. The summed E-state index contributed by atoms with van der Waals surface area (Å²) < 4.78 is 8.01. The maximum absolute atomic E-state index is 10.1. The Morgan fingerprint density at radius 3 is 2.70 bits per heavy atom. The lowest BCUT2D eigenvalue weighted by atomic mass is 9.82. The maximum Gasteiger partial charge on any atom is 0.154 e. The predicted octanol–water partition coefficient (Wildman–Crippen LogP) is 4.43. The fraction of sp³-hybridized carbons (Fsp3) is 0.423. The molecule has 2 aromatic heterocycles. The summed E-state index contributed by atoms with van der Waals surface area (Å²) in [5.74, 6) is 7.51. The third kappa shape index (κ3) is 5.01. The summed E-state index contributed by atoms with van der Waals surface area (Å²) in [6.07, 6.45) is 13.0. The van der Waals surface area contributed by atoms with Crippen molar-refractivity contribution >= 4 is 5.82 Å². The Bertz CT molecular complexity index is 1170. The fourth-order valence-electron chi connectivity index (χ4n) is 4.58. The number of hydrogen-bond acceptors (Lipinski definition) is 6. The van der Waals surface area contributed by atoms with E-state index in [1.165, 1.54) is 32.1 Å². The molecule has 0 atom stereocenters. The first-order valence-electron chi connectivity index (χ1n) is 11.7. The first-order chi connectivity index (χ1) is 16.2. The zero-order valence-corrected chi connectivity index (χ0v) is 18.7. The number of para-hydroxylation sites is 1. The van der Waals surface area contributed by atoms with Crippen molar-refractivity contribution in [3.8, 4) is 40.0 Å². The van der Waals surface area contributed by atoms with E-state index >= 15 is 0 Å². The molecule has 0 saturated heterocycles. The average Bonchev–Trinajstić information content (AvgIpc) is 3.27. The number of rotatable bonds is 5. The lowest BCUT2D eigenvalue weighted by molar-refractivity contribution is -0.0768. The third-order valence-electron chi connectivity index (χ3n) is 6.53. The van der Waals surface area contributed by atoms with Gasteiger partial charge in [0.15, 0.2) is 5.82 Å². The predicted molar refractivity (Wildman–Crippen MR) is 127 cm³/mol. The third-order valence-corrected chi connectivity index (χ3v) is 6.53. The number of aromatic hydroxyl groups is 1. The minimum Gasteiger partial charge on any atom is -0.507 e. The van der Waals surface area contributed by atoms with Crippen LogP contribution in [0.2, 0.25) is 0 Å². The largest absolute Gasteiger partial charge is 0.507 e. The van der Waals surface area contributed by atoms with E-state index in [0.29, 0.717) is 41.7 Å². The highest BCUT2D eigenvalue weighted by molar-refractivity contribution is 5.78. The van der Waals surface area contributed by atoms with Gasteiger partial charge in [-0.05, 0) is 43.9 Å². The van der Waals surface area contributed by atoms with Gasteiger partial charge < -0.3 is 15.6 Å². The Morgan fingerprint density at radius 2 is 1.88 bits per heavy atom. The van der Waals surface area contributed by atoms with Crippen LogP contribution in [0.1, 0.15) is 44.9 Å².